The highest BCUT2D eigenvalue weighted by Gasteiger charge is 2.07. The molecule has 0 aliphatic rings. The zero-order valence-electron chi connectivity index (χ0n) is 11.5. The lowest BCUT2D eigenvalue weighted by atomic mass is 10.1. The van der Waals surface area contributed by atoms with Crippen LogP contribution in [0.25, 0.3) is 0 Å². The van der Waals surface area contributed by atoms with Crippen LogP contribution in [0.4, 0.5) is 4.39 Å². The Morgan fingerprint density at radius 2 is 1.75 bits per heavy atom. The molecule has 2 N–H and O–H groups in total. The summed E-state index contributed by atoms with van der Waals surface area (Å²) in [6.07, 6.45) is 0. The highest BCUT2D eigenvalue weighted by molar-refractivity contribution is 6.30. The molecule has 0 spiro atoms. The molecule has 2 aromatic rings. The van der Waals surface area contributed by atoms with E-state index in [-0.39, 0.29) is 5.02 Å². The van der Waals surface area contributed by atoms with Crippen LogP contribution in [0.2, 0.25) is 5.02 Å². The van der Waals surface area contributed by atoms with Gasteiger partial charge in [-0.05, 0) is 48.2 Å². The molecule has 2 rings (SSSR count). The van der Waals surface area contributed by atoms with Crippen molar-refractivity contribution in [2.75, 3.05) is 0 Å². The Bertz CT molecular complexity index is 605. The van der Waals surface area contributed by atoms with Crippen LogP contribution >= 0.6 is 11.6 Å². The van der Waals surface area contributed by atoms with Crippen LogP contribution in [0.5, 0.6) is 5.75 Å². The Hall–Kier alpha value is -1.58. The van der Waals surface area contributed by atoms with Gasteiger partial charge in [0.15, 0.2) is 0 Å². The van der Waals surface area contributed by atoms with Crippen LogP contribution < -0.4 is 10.5 Å². The molecule has 0 radical (unpaired) electrons. The summed E-state index contributed by atoms with van der Waals surface area (Å²) in [7, 11) is 0. The molecule has 0 atom stereocenters. The third kappa shape index (κ3) is 3.30. The van der Waals surface area contributed by atoms with Gasteiger partial charge in [-0.25, -0.2) is 4.39 Å². The van der Waals surface area contributed by atoms with E-state index in [4.69, 9.17) is 22.1 Å². The van der Waals surface area contributed by atoms with E-state index >= 15 is 0 Å². The Morgan fingerprint density at radius 3 is 2.30 bits per heavy atom. The van der Waals surface area contributed by atoms with Gasteiger partial charge in [0.25, 0.3) is 0 Å². The van der Waals surface area contributed by atoms with Gasteiger partial charge in [-0.2, -0.15) is 0 Å². The molecule has 0 fully saturated rings. The molecule has 0 saturated heterocycles. The van der Waals surface area contributed by atoms with Crippen LogP contribution in [-0.2, 0) is 13.2 Å². The summed E-state index contributed by atoms with van der Waals surface area (Å²) in [6.45, 7) is 4.83. The van der Waals surface area contributed by atoms with E-state index in [1.165, 1.54) is 6.07 Å². The van der Waals surface area contributed by atoms with Gasteiger partial charge < -0.3 is 10.5 Å². The predicted octanol–water partition coefficient (Wildman–Crippen LogP) is 4.13. The molecular weight excluding hydrogens is 277 g/mol. The second-order valence-corrected chi connectivity index (χ2v) is 5.21. The fraction of sp³-hybridized carbons (Fsp3) is 0.250. The Kier molecular flexibility index (Phi) is 4.63. The first-order valence-corrected chi connectivity index (χ1v) is 6.76. The molecule has 20 heavy (non-hydrogen) atoms. The molecule has 0 bridgehead atoms. The average molecular weight is 294 g/mol. The van der Waals surface area contributed by atoms with E-state index in [0.29, 0.717) is 13.2 Å². The topological polar surface area (TPSA) is 35.2 Å². The van der Waals surface area contributed by atoms with Gasteiger partial charge in [-0.15, -0.1) is 0 Å². The number of hydrogen-bond acceptors (Lipinski definition) is 2. The van der Waals surface area contributed by atoms with Crippen molar-refractivity contribution >= 4 is 11.6 Å². The van der Waals surface area contributed by atoms with Crippen LogP contribution in [0.1, 0.15) is 22.3 Å². The Labute approximate surface area is 123 Å². The highest BCUT2D eigenvalue weighted by Crippen LogP contribution is 2.26. The lowest BCUT2D eigenvalue weighted by Crippen LogP contribution is -2.02. The van der Waals surface area contributed by atoms with E-state index < -0.39 is 5.82 Å². The van der Waals surface area contributed by atoms with Crippen LogP contribution in [-0.4, -0.2) is 0 Å². The monoisotopic (exact) mass is 293 g/mol. The lowest BCUT2D eigenvalue weighted by Gasteiger charge is -2.14. The van der Waals surface area contributed by atoms with E-state index in [2.05, 4.69) is 0 Å². The number of ether oxygens (including phenoxy) is 1. The summed E-state index contributed by atoms with van der Waals surface area (Å²) in [5.41, 5.74) is 9.64. The van der Waals surface area contributed by atoms with Crippen molar-refractivity contribution in [1.29, 1.82) is 0 Å². The largest absolute Gasteiger partial charge is 0.488 e. The fourth-order valence-corrected chi connectivity index (χ4v) is 2.37. The van der Waals surface area contributed by atoms with Crippen molar-refractivity contribution in [2.24, 2.45) is 5.73 Å². The lowest BCUT2D eigenvalue weighted by molar-refractivity contribution is 0.301. The van der Waals surface area contributed by atoms with E-state index in [1.807, 2.05) is 26.0 Å². The summed E-state index contributed by atoms with van der Waals surface area (Å²) in [5, 5.41) is 0.109. The molecule has 2 aromatic carbocycles. The molecule has 0 aliphatic carbocycles. The molecule has 0 amide bonds. The third-order valence-corrected chi connectivity index (χ3v) is 3.41. The molecule has 4 heteroatoms. The Balaban J connectivity index is 2.16. The number of hydrogen-bond donors (Lipinski definition) is 1. The minimum Gasteiger partial charge on any atom is -0.488 e. The Morgan fingerprint density at radius 1 is 1.10 bits per heavy atom. The minimum absolute atomic E-state index is 0.109. The second-order valence-electron chi connectivity index (χ2n) is 4.80. The highest BCUT2D eigenvalue weighted by atomic mass is 35.5. The minimum atomic E-state index is -0.421. The van der Waals surface area contributed by atoms with Crippen LogP contribution in [0.15, 0.2) is 30.3 Å². The molecule has 0 heterocycles. The van der Waals surface area contributed by atoms with Gasteiger partial charge in [0, 0.05) is 6.54 Å². The SMILES string of the molecule is Cc1cc(CN)cc(C)c1OCc1ccc(F)c(Cl)c1. The molecule has 2 nitrogen and oxygen atoms in total. The van der Waals surface area contributed by atoms with Crippen molar-refractivity contribution < 1.29 is 9.13 Å². The van der Waals surface area contributed by atoms with Crippen molar-refractivity contribution in [1.82, 2.24) is 0 Å². The first-order chi connectivity index (χ1) is 9.51. The van der Waals surface area contributed by atoms with Crippen molar-refractivity contribution in [2.45, 2.75) is 27.0 Å². The number of aryl methyl sites for hydroxylation is 2. The number of nitrogens with two attached hydrogens (primary N) is 1. The first kappa shape index (κ1) is 14.8. The summed E-state index contributed by atoms with van der Waals surface area (Å²) in [6, 6.07) is 8.62. The van der Waals surface area contributed by atoms with Gasteiger partial charge in [0.05, 0.1) is 5.02 Å². The van der Waals surface area contributed by atoms with Gasteiger partial charge >= 0.3 is 0 Å². The van der Waals surface area contributed by atoms with E-state index in [1.54, 1.807) is 12.1 Å². The zero-order chi connectivity index (χ0) is 14.7. The second kappa shape index (κ2) is 6.25. The van der Waals surface area contributed by atoms with Crippen molar-refractivity contribution in [3.05, 3.63) is 63.4 Å². The van der Waals surface area contributed by atoms with E-state index in [9.17, 15) is 4.39 Å². The van der Waals surface area contributed by atoms with Gasteiger partial charge in [-0.3, -0.25) is 0 Å². The van der Waals surface area contributed by atoms with E-state index in [0.717, 1.165) is 28.0 Å². The molecule has 0 aromatic heterocycles. The first-order valence-electron chi connectivity index (χ1n) is 6.38. The number of rotatable bonds is 4. The van der Waals surface area contributed by atoms with Crippen LogP contribution in [0.3, 0.4) is 0 Å². The smallest absolute Gasteiger partial charge is 0.141 e. The summed E-state index contributed by atoms with van der Waals surface area (Å²) in [5.74, 6) is 0.415. The predicted molar refractivity (Wildman–Crippen MR) is 79.5 cm³/mol. The summed E-state index contributed by atoms with van der Waals surface area (Å²) >= 11 is 5.75. The molecule has 0 saturated carbocycles. The molecule has 106 valence electrons. The zero-order valence-corrected chi connectivity index (χ0v) is 12.3. The quantitative estimate of drug-likeness (QED) is 0.920. The fourth-order valence-electron chi connectivity index (χ4n) is 2.17. The number of benzene rings is 2. The summed E-state index contributed by atoms with van der Waals surface area (Å²) < 4.78 is 18.9. The van der Waals surface area contributed by atoms with Gasteiger partial charge in [0.1, 0.15) is 18.2 Å². The maximum atomic E-state index is 13.1. The molecular formula is C16H17ClFNO. The van der Waals surface area contributed by atoms with Gasteiger partial charge in [0.2, 0.25) is 0 Å². The third-order valence-electron chi connectivity index (χ3n) is 3.12. The molecule has 0 aliphatic heterocycles. The van der Waals surface area contributed by atoms with Crippen molar-refractivity contribution in [3.8, 4) is 5.75 Å². The standard InChI is InChI=1S/C16H17ClFNO/c1-10-5-13(8-19)6-11(2)16(10)20-9-12-3-4-15(18)14(17)7-12/h3-7H,8-9,19H2,1-2H3. The normalized spacial score (nSPS) is 10.7. The number of halogens is 2. The average Bonchev–Trinajstić information content (AvgIpc) is 2.41. The van der Waals surface area contributed by atoms with Crippen LogP contribution in [0, 0.1) is 19.7 Å². The van der Waals surface area contributed by atoms with Crippen molar-refractivity contribution in [3.63, 3.8) is 0 Å². The maximum Gasteiger partial charge on any atom is 0.141 e. The summed E-state index contributed by atoms with van der Waals surface area (Å²) in [4.78, 5) is 0. The maximum absolute atomic E-state index is 13.1. The van der Waals surface area contributed by atoms with Gasteiger partial charge in [-0.1, -0.05) is 29.8 Å². The molecule has 0 unspecified atom stereocenters.